The van der Waals surface area contributed by atoms with Gasteiger partial charge in [-0.2, -0.15) is 0 Å². The number of aromatic nitrogens is 3. The van der Waals surface area contributed by atoms with E-state index in [1.54, 1.807) is 12.3 Å². The maximum absolute atomic E-state index is 13.8. The van der Waals surface area contributed by atoms with Gasteiger partial charge in [-0.15, -0.1) is 0 Å². The van der Waals surface area contributed by atoms with Gasteiger partial charge in [-0.3, -0.25) is 4.98 Å². The van der Waals surface area contributed by atoms with E-state index < -0.39 is 6.04 Å². The van der Waals surface area contributed by atoms with E-state index in [1.165, 1.54) is 6.20 Å². The van der Waals surface area contributed by atoms with Gasteiger partial charge in [0.2, 0.25) is 0 Å². The SMILES string of the molecule is CCn1c(CC(N)c2ccncc2F)nc2ccccc21. The summed E-state index contributed by atoms with van der Waals surface area (Å²) < 4.78 is 15.9. The maximum Gasteiger partial charge on any atom is 0.146 e. The number of nitrogens with zero attached hydrogens (tertiary/aromatic N) is 3. The van der Waals surface area contributed by atoms with Gasteiger partial charge in [0.05, 0.1) is 17.2 Å². The second kappa shape index (κ2) is 5.61. The summed E-state index contributed by atoms with van der Waals surface area (Å²) in [7, 11) is 0. The van der Waals surface area contributed by atoms with Gasteiger partial charge in [0.15, 0.2) is 0 Å². The fourth-order valence-corrected chi connectivity index (χ4v) is 2.63. The minimum absolute atomic E-state index is 0.371. The summed E-state index contributed by atoms with van der Waals surface area (Å²) in [6, 6.07) is 9.15. The molecule has 0 aliphatic carbocycles. The number of rotatable bonds is 4. The lowest BCUT2D eigenvalue weighted by Gasteiger charge is -2.13. The van der Waals surface area contributed by atoms with Crippen LogP contribution in [0.5, 0.6) is 0 Å². The Hall–Kier alpha value is -2.27. The molecule has 0 aliphatic heterocycles. The highest BCUT2D eigenvalue weighted by atomic mass is 19.1. The summed E-state index contributed by atoms with van der Waals surface area (Å²) in [6.45, 7) is 2.87. The van der Waals surface area contributed by atoms with Gasteiger partial charge in [0.1, 0.15) is 11.6 Å². The molecule has 0 spiro atoms. The molecule has 3 rings (SSSR count). The summed E-state index contributed by atoms with van der Waals surface area (Å²) >= 11 is 0. The number of benzene rings is 1. The molecule has 108 valence electrons. The number of pyridine rings is 1. The highest BCUT2D eigenvalue weighted by Crippen LogP contribution is 2.21. The summed E-state index contributed by atoms with van der Waals surface area (Å²) in [5.41, 5.74) is 8.65. The third kappa shape index (κ3) is 2.52. The number of aryl methyl sites for hydroxylation is 1. The van der Waals surface area contributed by atoms with E-state index in [2.05, 4.69) is 21.5 Å². The minimum Gasteiger partial charge on any atom is -0.328 e. The van der Waals surface area contributed by atoms with Crippen LogP contribution in [0.1, 0.15) is 24.4 Å². The molecule has 0 saturated heterocycles. The molecule has 0 fully saturated rings. The number of hydrogen-bond donors (Lipinski definition) is 1. The van der Waals surface area contributed by atoms with Crippen LogP contribution in [0.2, 0.25) is 0 Å². The Balaban J connectivity index is 1.96. The Morgan fingerprint density at radius 3 is 2.86 bits per heavy atom. The molecule has 5 heteroatoms. The van der Waals surface area contributed by atoms with Crippen LogP contribution in [0.15, 0.2) is 42.7 Å². The highest BCUT2D eigenvalue weighted by Gasteiger charge is 2.16. The largest absolute Gasteiger partial charge is 0.328 e. The van der Waals surface area contributed by atoms with Crippen molar-refractivity contribution >= 4 is 11.0 Å². The van der Waals surface area contributed by atoms with E-state index in [4.69, 9.17) is 5.73 Å². The molecule has 2 aromatic heterocycles. The van der Waals surface area contributed by atoms with Gasteiger partial charge in [0.25, 0.3) is 0 Å². The average molecular weight is 284 g/mol. The number of imidazole rings is 1. The van der Waals surface area contributed by atoms with Crippen molar-refractivity contribution in [1.29, 1.82) is 0 Å². The van der Waals surface area contributed by atoms with E-state index in [1.807, 2.05) is 24.3 Å². The van der Waals surface area contributed by atoms with Crippen molar-refractivity contribution in [1.82, 2.24) is 14.5 Å². The summed E-state index contributed by atoms with van der Waals surface area (Å²) in [5.74, 6) is 0.506. The fourth-order valence-electron chi connectivity index (χ4n) is 2.63. The van der Waals surface area contributed by atoms with Gasteiger partial charge in [0, 0.05) is 30.8 Å². The van der Waals surface area contributed by atoms with Crippen molar-refractivity contribution in [2.24, 2.45) is 5.73 Å². The zero-order valence-electron chi connectivity index (χ0n) is 11.8. The van der Waals surface area contributed by atoms with Crippen molar-refractivity contribution in [2.45, 2.75) is 25.9 Å². The van der Waals surface area contributed by atoms with Crippen LogP contribution in [0.25, 0.3) is 11.0 Å². The molecule has 0 saturated carbocycles. The predicted octanol–water partition coefficient (Wildman–Crippen LogP) is 2.83. The molecule has 0 aliphatic rings. The molecule has 4 nitrogen and oxygen atoms in total. The van der Waals surface area contributed by atoms with Crippen LogP contribution in [0.3, 0.4) is 0 Å². The van der Waals surface area contributed by atoms with Gasteiger partial charge >= 0.3 is 0 Å². The van der Waals surface area contributed by atoms with E-state index in [9.17, 15) is 4.39 Å². The first-order valence-electron chi connectivity index (χ1n) is 6.99. The fraction of sp³-hybridized carbons (Fsp3) is 0.250. The topological polar surface area (TPSA) is 56.7 Å². The molecule has 2 heterocycles. The zero-order chi connectivity index (χ0) is 14.8. The number of nitrogens with two attached hydrogens (primary N) is 1. The summed E-state index contributed by atoms with van der Waals surface area (Å²) in [4.78, 5) is 8.37. The molecule has 2 N–H and O–H groups in total. The lowest BCUT2D eigenvalue weighted by molar-refractivity contribution is 0.562. The van der Waals surface area contributed by atoms with Crippen molar-refractivity contribution in [3.63, 3.8) is 0 Å². The molecule has 1 unspecified atom stereocenters. The normalized spacial score (nSPS) is 12.7. The van der Waals surface area contributed by atoms with Crippen molar-refractivity contribution in [2.75, 3.05) is 0 Å². The summed E-state index contributed by atoms with van der Waals surface area (Å²) in [5, 5.41) is 0. The maximum atomic E-state index is 13.8. The molecule has 1 aromatic carbocycles. The van der Waals surface area contributed by atoms with E-state index in [-0.39, 0.29) is 5.82 Å². The Morgan fingerprint density at radius 1 is 1.29 bits per heavy atom. The van der Waals surface area contributed by atoms with Crippen LogP contribution >= 0.6 is 0 Å². The molecule has 0 amide bonds. The molecular formula is C16H17FN4. The van der Waals surface area contributed by atoms with Crippen LogP contribution in [-0.2, 0) is 13.0 Å². The molecule has 21 heavy (non-hydrogen) atoms. The predicted molar refractivity (Wildman–Crippen MR) is 80.2 cm³/mol. The van der Waals surface area contributed by atoms with Crippen molar-refractivity contribution in [3.8, 4) is 0 Å². The van der Waals surface area contributed by atoms with Crippen molar-refractivity contribution in [3.05, 3.63) is 59.9 Å². The Bertz CT molecular complexity index is 766. The lowest BCUT2D eigenvalue weighted by atomic mass is 10.1. The average Bonchev–Trinajstić information content (AvgIpc) is 2.84. The second-order valence-corrected chi connectivity index (χ2v) is 4.97. The van der Waals surface area contributed by atoms with Crippen LogP contribution in [-0.4, -0.2) is 14.5 Å². The van der Waals surface area contributed by atoms with Crippen LogP contribution in [0.4, 0.5) is 4.39 Å². The quantitative estimate of drug-likeness (QED) is 0.801. The van der Waals surface area contributed by atoms with Gasteiger partial charge < -0.3 is 10.3 Å². The highest BCUT2D eigenvalue weighted by molar-refractivity contribution is 5.75. The Morgan fingerprint density at radius 2 is 2.10 bits per heavy atom. The van der Waals surface area contributed by atoms with Crippen LogP contribution < -0.4 is 5.73 Å². The summed E-state index contributed by atoms with van der Waals surface area (Å²) in [6.07, 6.45) is 3.24. The Labute approximate surface area is 122 Å². The standard InChI is InChI=1S/C16H17FN4/c1-2-21-15-6-4-3-5-14(15)20-16(21)9-13(18)11-7-8-19-10-12(11)17/h3-8,10,13H,2,9,18H2,1H3. The van der Waals surface area contributed by atoms with E-state index in [0.29, 0.717) is 12.0 Å². The molecule has 0 radical (unpaired) electrons. The number of hydrogen-bond acceptors (Lipinski definition) is 3. The van der Waals surface area contributed by atoms with Gasteiger partial charge in [-0.05, 0) is 25.1 Å². The third-order valence-corrected chi connectivity index (χ3v) is 3.66. The zero-order valence-corrected chi connectivity index (χ0v) is 11.8. The first-order valence-corrected chi connectivity index (χ1v) is 6.99. The minimum atomic E-state index is -0.435. The number of para-hydroxylation sites is 2. The third-order valence-electron chi connectivity index (χ3n) is 3.66. The first kappa shape index (κ1) is 13.7. The van der Waals surface area contributed by atoms with Gasteiger partial charge in [-0.25, -0.2) is 9.37 Å². The Kier molecular flexibility index (Phi) is 3.66. The molecular weight excluding hydrogens is 267 g/mol. The first-order chi connectivity index (χ1) is 10.2. The molecule has 3 aromatic rings. The van der Waals surface area contributed by atoms with E-state index in [0.717, 1.165) is 23.4 Å². The van der Waals surface area contributed by atoms with E-state index >= 15 is 0 Å². The van der Waals surface area contributed by atoms with Crippen molar-refractivity contribution < 1.29 is 4.39 Å². The van der Waals surface area contributed by atoms with Gasteiger partial charge in [-0.1, -0.05) is 12.1 Å². The molecule has 1 atom stereocenters. The van der Waals surface area contributed by atoms with Crippen LogP contribution in [0, 0.1) is 5.82 Å². The molecule has 0 bridgehead atoms. The lowest BCUT2D eigenvalue weighted by Crippen LogP contribution is -2.17. The second-order valence-electron chi connectivity index (χ2n) is 4.97. The monoisotopic (exact) mass is 284 g/mol. The smallest absolute Gasteiger partial charge is 0.146 e. The number of fused-ring (bicyclic) bond motifs is 1. The number of halogens is 1.